The van der Waals surface area contributed by atoms with Gasteiger partial charge in [-0.05, 0) is 30.0 Å². The molecule has 0 aliphatic heterocycles. The normalized spacial score (nSPS) is 10.6. The second kappa shape index (κ2) is 8.71. The number of carbonyl (C=O) groups excluding carboxylic acids is 1. The van der Waals surface area contributed by atoms with E-state index in [1.807, 2.05) is 30.5 Å². The largest absolute Gasteiger partial charge is 0.296 e. The predicted molar refractivity (Wildman–Crippen MR) is 107 cm³/mol. The fraction of sp³-hybridized carbons (Fsp3) is 0.118. The van der Waals surface area contributed by atoms with Gasteiger partial charge in [-0.3, -0.25) is 10.1 Å². The zero-order chi connectivity index (χ0) is 17.6. The van der Waals surface area contributed by atoms with Crippen molar-refractivity contribution in [1.29, 1.82) is 0 Å². The van der Waals surface area contributed by atoms with E-state index in [1.165, 1.54) is 16.9 Å². The zero-order valence-electron chi connectivity index (χ0n) is 13.2. The molecule has 1 N–H and O–H groups in total. The molecule has 0 aliphatic rings. The molecule has 3 aromatic rings. The Bertz CT molecular complexity index is 871. The Labute approximate surface area is 163 Å². The van der Waals surface area contributed by atoms with Gasteiger partial charge < -0.3 is 0 Å². The summed E-state index contributed by atoms with van der Waals surface area (Å²) in [6.45, 7) is 0. The van der Waals surface area contributed by atoms with Crippen LogP contribution in [0.5, 0.6) is 0 Å². The van der Waals surface area contributed by atoms with Gasteiger partial charge in [0.1, 0.15) is 0 Å². The summed E-state index contributed by atoms with van der Waals surface area (Å²) in [7, 11) is 0. The van der Waals surface area contributed by atoms with Crippen molar-refractivity contribution in [2.75, 3.05) is 11.6 Å². The van der Waals surface area contributed by atoms with Crippen LogP contribution in [-0.2, 0) is 5.75 Å². The van der Waals surface area contributed by atoms with Crippen LogP contribution in [-0.4, -0.2) is 22.4 Å². The molecule has 0 saturated carbocycles. The average Bonchev–Trinajstić information content (AvgIpc) is 3.08. The number of thioether (sulfide) groups is 2. The highest BCUT2D eigenvalue weighted by Gasteiger charge is 2.14. The van der Waals surface area contributed by atoms with Gasteiger partial charge in [-0.1, -0.05) is 65.0 Å². The van der Waals surface area contributed by atoms with Crippen molar-refractivity contribution in [3.05, 3.63) is 64.7 Å². The fourth-order valence-electron chi connectivity index (χ4n) is 2.01. The Morgan fingerprint density at radius 2 is 2.00 bits per heavy atom. The van der Waals surface area contributed by atoms with E-state index in [4.69, 9.17) is 11.6 Å². The Hall–Kier alpha value is -1.54. The topological polar surface area (TPSA) is 54.9 Å². The molecule has 0 spiro atoms. The SMILES string of the molecule is CSc1ccc(Cl)c(C(=O)Nc2nnc(SCc3ccccc3)s2)c1. The van der Waals surface area contributed by atoms with Crippen molar-refractivity contribution in [1.82, 2.24) is 10.2 Å². The molecule has 128 valence electrons. The number of benzene rings is 2. The van der Waals surface area contributed by atoms with Crippen LogP contribution >= 0.6 is 46.5 Å². The molecular weight excluding hydrogens is 394 g/mol. The summed E-state index contributed by atoms with van der Waals surface area (Å²) >= 11 is 10.6. The fourth-order valence-corrected chi connectivity index (χ4v) is 4.35. The minimum Gasteiger partial charge on any atom is -0.296 e. The van der Waals surface area contributed by atoms with Crippen molar-refractivity contribution < 1.29 is 4.79 Å². The molecule has 0 unspecified atom stereocenters. The van der Waals surface area contributed by atoms with Gasteiger partial charge >= 0.3 is 0 Å². The number of amides is 1. The van der Waals surface area contributed by atoms with E-state index in [2.05, 4.69) is 27.6 Å². The molecule has 25 heavy (non-hydrogen) atoms. The molecule has 0 saturated heterocycles. The Balaban J connectivity index is 1.64. The monoisotopic (exact) mass is 407 g/mol. The maximum atomic E-state index is 12.4. The third-order valence-electron chi connectivity index (χ3n) is 3.25. The van der Waals surface area contributed by atoms with Gasteiger partial charge in [-0.25, -0.2) is 0 Å². The van der Waals surface area contributed by atoms with Crippen LogP contribution in [0.3, 0.4) is 0 Å². The highest BCUT2D eigenvalue weighted by molar-refractivity contribution is 8.00. The molecular formula is C17H14ClN3OS3. The lowest BCUT2D eigenvalue weighted by Crippen LogP contribution is -2.12. The van der Waals surface area contributed by atoms with Crippen molar-refractivity contribution in [3.63, 3.8) is 0 Å². The average molecular weight is 408 g/mol. The van der Waals surface area contributed by atoms with Gasteiger partial charge in [0.2, 0.25) is 5.13 Å². The second-order valence-electron chi connectivity index (χ2n) is 4.95. The number of nitrogens with one attached hydrogen (secondary N) is 1. The summed E-state index contributed by atoms with van der Waals surface area (Å²) in [4.78, 5) is 13.4. The number of anilines is 1. The third-order valence-corrected chi connectivity index (χ3v) is 6.35. The van der Waals surface area contributed by atoms with Crippen molar-refractivity contribution in [2.24, 2.45) is 0 Å². The predicted octanol–water partition coefficient (Wildman–Crippen LogP) is 5.46. The molecule has 2 aromatic carbocycles. The number of nitrogens with zero attached hydrogens (tertiary/aromatic N) is 2. The van der Waals surface area contributed by atoms with E-state index in [-0.39, 0.29) is 5.91 Å². The summed E-state index contributed by atoms with van der Waals surface area (Å²) in [5.74, 6) is 0.530. The number of halogens is 1. The summed E-state index contributed by atoms with van der Waals surface area (Å²) in [6.07, 6.45) is 1.95. The van der Waals surface area contributed by atoms with Crippen LogP contribution in [0.2, 0.25) is 5.02 Å². The number of aromatic nitrogens is 2. The van der Waals surface area contributed by atoms with Gasteiger partial charge in [-0.2, -0.15) is 0 Å². The molecule has 8 heteroatoms. The van der Waals surface area contributed by atoms with E-state index in [0.29, 0.717) is 15.7 Å². The molecule has 1 aromatic heterocycles. The maximum absolute atomic E-state index is 12.4. The van der Waals surface area contributed by atoms with E-state index in [0.717, 1.165) is 15.0 Å². The number of hydrogen-bond donors (Lipinski definition) is 1. The number of rotatable bonds is 6. The van der Waals surface area contributed by atoms with Crippen LogP contribution in [0.15, 0.2) is 57.8 Å². The highest BCUT2D eigenvalue weighted by atomic mass is 35.5. The van der Waals surface area contributed by atoms with Gasteiger partial charge in [0.25, 0.3) is 5.91 Å². The minimum absolute atomic E-state index is 0.281. The molecule has 3 rings (SSSR count). The van der Waals surface area contributed by atoms with E-state index < -0.39 is 0 Å². The van der Waals surface area contributed by atoms with Crippen molar-refractivity contribution >= 4 is 57.5 Å². The van der Waals surface area contributed by atoms with Crippen molar-refractivity contribution in [2.45, 2.75) is 15.0 Å². The van der Waals surface area contributed by atoms with Crippen LogP contribution in [0.1, 0.15) is 15.9 Å². The highest BCUT2D eigenvalue weighted by Crippen LogP contribution is 2.29. The van der Waals surface area contributed by atoms with E-state index in [9.17, 15) is 4.79 Å². The Kier molecular flexibility index (Phi) is 6.36. The molecule has 4 nitrogen and oxygen atoms in total. The first-order valence-corrected chi connectivity index (χ1v) is 10.7. The third kappa shape index (κ3) is 4.98. The first kappa shape index (κ1) is 18.3. The first-order chi connectivity index (χ1) is 12.2. The lowest BCUT2D eigenvalue weighted by atomic mass is 10.2. The molecule has 0 aliphatic carbocycles. The van der Waals surface area contributed by atoms with E-state index >= 15 is 0 Å². The maximum Gasteiger partial charge on any atom is 0.259 e. The smallest absolute Gasteiger partial charge is 0.259 e. The molecule has 0 bridgehead atoms. The first-order valence-electron chi connectivity index (χ1n) is 7.31. The summed E-state index contributed by atoms with van der Waals surface area (Å²) in [5, 5.41) is 11.8. The lowest BCUT2D eigenvalue weighted by Gasteiger charge is -2.05. The Morgan fingerprint density at radius 1 is 1.20 bits per heavy atom. The van der Waals surface area contributed by atoms with E-state index in [1.54, 1.807) is 35.7 Å². The lowest BCUT2D eigenvalue weighted by molar-refractivity contribution is 0.102. The summed E-state index contributed by atoms with van der Waals surface area (Å²) < 4.78 is 0.808. The molecule has 1 amide bonds. The minimum atomic E-state index is -0.281. The molecule has 0 radical (unpaired) electrons. The molecule has 0 atom stereocenters. The second-order valence-corrected chi connectivity index (χ2v) is 8.43. The number of carbonyl (C=O) groups is 1. The molecule has 0 fully saturated rings. The van der Waals surface area contributed by atoms with Crippen LogP contribution < -0.4 is 5.32 Å². The van der Waals surface area contributed by atoms with Crippen LogP contribution in [0.25, 0.3) is 0 Å². The van der Waals surface area contributed by atoms with Crippen molar-refractivity contribution in [3.8, 4) is 0 Å². The number of hydrogen-bond acceptors (Lipinski definition) is 6. The zero-order valence-corrected chi connectivity index (χ0v) is 16.4. The molecule has 1 heterocycles. The van der Waals surface area contributed by atoms with Gasteiger partial charge in [0, 0.05) is 10.6 Å². The van der Waals surface area contributed by atoms with Gasteiger partial charge in [-0.15, -0.1) is 22.0 Å². The van der Waals surface area contributed by atoms with Gasteiger partial charge in [0.15, 0.2) is 4.34 Å². The van der Waals surface area contributed by atoms with Gasteiger partial charge in [0.05, 0.1) is 10.6 Å². The standard InChI is InChI=1S/C17H14ClN3OS3/c1-23-12-7-8-14(18)13(9-12)15(22)19-16-20-21-17(25-16)24-10-11-5-3-2-4-6-11/h2-9H,10H2,1H3,(H,19,20,22). The van der Waals surface area contributed by atoms with Crippen LogP contribution in [0.4, 0.5) is 5.13 Å². The Morgan fingerprint density at radius 3 is 2.76 bits per heavy atom. The summed E-state index contributed by atoms with van der Waals surface area (Å²) in [6, 6.07) is 15.5. The van der Waals surface area contributed by atoms with Crippen LogP contribution in [0, 0.1) is 0 Å². The summed E-state index contributed by atoms with van der Waals surface area (Å²) in [5.41, 5.74) is 1.65. The quantitative estimate of drug-likeness (QED) is 0.434.